The fourth-order valence-corrected chi connectivity index (χ4v) is 5.06. The molecule has 0 aliphatic heterocycles. The smallest absolute Gasteiger partial charge is 0.407 e. The minimum Gasteiger partial charge on any atom is -0.453 e. The minimum atomic E-state index is -0.623. The fraction of sp³-hybridized carbons (Fsp3) is 0.455. The van der Waals surface area contributed by atoms with Crippen LogP contribution in [0.4, 0.5) is 4.79 Å². The van der Waals surface area contributed by atoms with Crippen LogP contribution in [-0.2, 0) is 20.9 Å². The molecule has 11 nitrogen and oxygen atoms in total. The van der Waals surface area contributed by atoms with Gasteiger partial charge >= 0.3 is 6.09 Å². The molecule has 0 spiro atoms. The second kappa shape index (κ2) is 17.0. The van der Waals surface area contributed by atoms with Gasteiger partial charge in [0, 0.05) is 31.4 Å². The van der Waals surface area contributed by atoms with Crippen LogP contribution in [0.15, 0.2) is 48.5 Å². The van der Waals surface area contributed by atoms with E-state index >= 15 is 0 Å². The molecule has 0 saturated carbocycles. The maximum atomic E-state index is 12.7. The highest BCUT2D eigenvalue weighted by molar-refractivity contribution is 5.83. The molecule has 1 heterocycles. The predicted molar refractivity (Wildman–Crippen MR) is 175 cm³/mol. The molecule has 3 aromatic rings. The van der Waals surface area contributed by atoms with Gasteiger partial charge in [-0.3, -0.25) is 9.59 Å². The average Bonchev–Trinajstić information content (AvgIpc) is 3.43. The summed E-state index contributed by atoms with van der Waals surface area (Å²) in [6, 6.07) is 14.5. The van der Waals surface area contributed by atoms with Gasteiger partial charge in [0.2, 0.25) is 11.8 Å². The third-order valence-electron chi connectivity index (χ3n) is 7.18. The molecule has 11 heteroatoms. The van der Waals surface area contributed by atoms with Gasteiger partial charge in [0.1, 0.15) is 12.4 Å². The monoisotopic (exact) mass is 605 g/mol. The van der Waals surface area contributed by atoms with Crippen molar-refractivity contribution in [1.82, 2.24) is 35.7 Å². The molecular formula is C33H47N7O4. The zero-order valence-electron chi connectivity index (χ0n) is 26.8. The summed E-state index contributed by atoms with van der Waals surface area (Å²) in [7, 11) is 3.05. The van der Waals surface area contributed by atoms with Crippen molar-refractivity contribution in [2.75, 3.05) is 46.9 Å². The Labute approximate surface area is 260 Å². The Kier molecular flexibility index (Phi) is 13.2. The van der Waals surface area contributed by atoms with E-state index in [2.05, 4.69) is 69.0 Å². The lowest BCUT2D eigenvalue weighted by molar-refractivity contribution is -0.131. The standard InChI is InChI=1S/C33H47N7O4/c1-7-16-39(32(42)20-35-33(43)44-6)21-23(4)36-27(9-3)25-12-10-24(11-13-25)26-14-15-28-29(18-26)38-30(37-28)22-40(17-8-2)31(41)19-34-5/h9-15,18,23,34,36H,7-8,16-17,19-22H2,1-6H3,(H,35,43)(H,37,38)/b27-9-. The number of amides is 3. The lowest BCUT2D eigenvalue weighted by Crippen LogP contribution is -2.46. The van der Waals surface area contributed by atoms with E-state index in [1.165, 1.54) is 7.11 Å². The third-order valence-corrected chi connectivity index (χ3v) is 7.18. The first-order chi connectivity index (χ1) is 21.2. The SMILES string of the molecule is C/C=C(\NC(C)CN(CCC)C(=O)CNC(=O)OC)c1ccc(-c2ccc3nc(CN(CCC)C(=O)CNC)[nH]c3c2)cc1. The highest BCUT2D eigenvalue weighted by Gasteiger charge is 2.18. The van der Waals surface area contributed by atoms with E-state index in [-0.39, 0.29) is 24.4 Å². The van der Waals surface area contributed by atoms with Crippen LogP contribution in [0.5, 0.6) is 0 Å². The van der Waals surface area contributed by atoms with Crippen LogP contribution in [0.1, 0.15) is 51.9 Å². The van der Waals surface area contributed by atoms with Crippen molar-refractivity contribution in [3.63, 3.8) is 0 Å². The van der Waals surface area contributed by atoms with Crippen LogP contribution in [0, 0.1) is 0 Å². The Bertz CT molecular complexity index is 1420. The minimum absolute atomic E-state index is 0.0201. The van der Waals surface area contributed by atoms with Crippen molar-refractivity contribution in [2.24, 2.45) is 0 Å². The van der Waals surface area contributed by atoms with Gasteiger partial charge in [0.25, 0.3) is 0 Å². The van der Waals surface area contributed by atoms with Crippen molar-refractivity contribution in [1.29, 1.82) is 0 Å². The number of rotatable bonds is 16. The van der Waals surface area contributed by atoms with Crippen LogP contribution in [0.3, 0.4) is 0 Å². The summed E-state index contributed by atoms with van der Waals surface area (Å²) in [4.78, 5) is 48.2. The Morgan fingerprint density at radius 3 is 2.27 bits per heavy atom. The average molecular weight is 606 g/mol. The maximum absolute atomic E-state index is 12.7. The molecule has 4 N–H and O–H groups in total. The number of carbonyl (C=O) groups excluding carboxylic acids is 3. The van der Waals surface area contributed by atoms with Crippen molar-refractivity contribution in [2.45, 2.75) is 53.1 Å². The zero-order valence-corrected chi connectivity index (χ0v) is 26.8. The summed E-state index contributed by atoms with van der Waals surface area (Å²) in [5.41, 5.74) is 5.94. The molecule has 1 atom stereocenters. The Morgan fingerprint density at radius 2 is 1.64 bits per heavy atom. The number of aromatic amines is 1. The number of carbonyl (C=O) groups is 3. The second-order valence-electron chi connectivity index (χ2n) is 10.8. The highest BCUT2D eigenvalue weighted by atomic mass is 16.5. The fourth-order valence-electron chi connectivity index (χ4n) is 5.06. The van der Waals surface area contributed by atoms with Gasteiger partial charge in [-0.05, 0) is 62.6 Å². The van der Waals surface area contributed by atoms with Gasteiger partial charge < -0.3 is 35.5 Å². The summed E-state index contributed by atoms with van der Waals surface area (Å²) in [6.07, 6.45) is 3.10. The number of allylic oxidation sites excluding steroid dienone is 1. The summed E-state index contributed by atoms with van der Waals surface area (Å²) >= 11 is 0. The first-order valence-electron chi connectivity index (χ1n) is 15.3. The molecule has 3 rings (SSSR count). The number of likely N-dealkylation sites (N-methyl/N-ethyl adjacent to an activating group) is 1. The van der Waals surface area contributed by atoms with E-state index in [4.69, 9.17) is 4.98 Å². The summed E-state index contributed by atoms with van der Waals surface area (Å²) < 4.78 is 4.57. The highest BCUT2D eigenvalue weighted by Crippen LogP contribution is 2.25. The zero-order chi connectivity index (χ0) is 32.1. The third kappa shape index (κ3) is 9.57. The van der Waals surface area contributed by atoms with E-state index in [1.54, 1.807) is 11.9 Å². The molecule has 44 heavy (non-hydrogen) atoms. The number of fused-ring (bicyclic) bond motifs is 1. The van der Waals surface area contributed by atoms with Crippen molar-refractivity contribution in [3.8, 4) is 11.1 Å². The van der Waals surface area contributed by atoms with Crippen molar-refractivity contribution >= 4 is 34.6 Å². The topological polar surface area (TPSA) is 132 Å². The molecule has 0 bridgehead atoms. The van der Waals surface area contributed by atoms with Gasteiger partial charge in [-0.2, -0.15) is 0 Å². The Hall–Kier alpha value is -4.38. The molecule has 0 saturated heterocycles. The summed E-state index contributed by atoms with van der Waals surface area (Å²) in [5.74, 6) is 0.668. The van der Waals surface area contributed by atoms with Crippen LogP contribution in [-0.4, -0.2) is 90.6 Å². The van der Waals surface area contributed by atoms with Gasteiger partial charge in [-0.15, -0.1) is 0 Å². The molecule has 2 aromatic carbocycles. The number of methoxy groups -OCH3 is 1. The van der Waals surface area contributed by atoms with Crippen LogP contribution < -0.4 is 16.0 Å². The number of ether oxygens (including phenoxy) is 1. The molecule has 0 fully saturated rings. The molecule has 0 aliphatic carbocycles. The number of hydrogen-bond acceptors (Lipinski definition) is 7. The molecule has 3 amide bonds. The van der Waals surface area contributed by atoms with Crippen LogP contribution in [0.2, 0.25) is 0 Å². The molecule has 238 valence electrons. The molecule has 0 radical (unpaired) electrons. The van der Waals surface area contributed by atoms with Gasteiger partial charge in [-0.1, -0.05) is 50.3 Å². The van der Waals surface area contributed by atoms with E-state index in [0.717, 1.165) is 52.1 Å². The molecule has 1 unspecified atom stereocenters. The van der Waals surface area contributed by atoms with Crippen molar-refractivity contribution < 1.29 is 19.1 Å². The number of nitrogens with one attached hydrogen (secondary N) is 4. The van der Waals surface area contributed by atoms with Crippen LogP contribution >= 0.6 is 0 Å². The molecule has 0 aliphatic rings. The van der Waals surface area contributed by atoms with Crippen LogP contribution in [0.25, 0.3) is 27.9 Å². The van der Waals surface area contributed by atoms with E-state index in [1.807, 2.05) is 37.8 Å². The Morgan fingerprint density at radius 1 is 0.977 bits per heavy atom. The normalized spacial score (nSPS) is 12.1. The lowest BCUT2D eigenvalue weighted by Gasteiger charge is -2.27. The number of H-pyrrole nitrogens is 1. The quantitative estimate of drug-likeness (QED) is 0.193. The Balaban J connectivity index is 1.67. The maximum Gasteiger partial charge on any atom is 0.407 e. The number of aromatic nitrogens is 2. The predicted octanol–water partition coefficient (Wildman–Crippen LogP) is 4.12. The molecular weight excluding hydrogens is 558 g/mol. The summed E-state index contributed by atoms with van der Waals surface area (Å²) in [6.45, 7) is 10.5. The number of benzene rings is 2. The first-order valence-corrected chi connectivity index (χ1v) is 15.3. The van der Waals surface area contributed by atoms with Gasteiger partial charge in [0.15, 0.2) is 0 Å². The first kappa shape index (κ1) is 34.1. The second-order valence-corrected chi connectivity index (χ2v) is 10.8. The van der Waals surface area contributed by atoms with Gasteiger partial charge in [-0.25, -0.2) is 9.78 Å². The lowest BCUT2D eigenvalue weighted by atomic mass is 10.0. The van der Waals surface area contributed by atoms with Gasteiger partial charge in [0.05, 0.1) is 31.2 Å². The number of alkyl carbamates (subject to hydrolysis) is 1. The number of imidazole rings is 1. The molecule has 1 aromatic heterocycles. The van der Waals surface area contributed by atoms with E-state index < -0.39 is 6.09 Å². The number of hydrogen-bond donors (Lipinski definition) is 4. The van der Waals surface area contributed by atoms with E-state index in [9.17, 15) is 14.4 Å². The number of nitrogens with zero attached hydrogens (tertiary/aromatic N) is 3. The largest absolute Gasteiger partial charge is 0.453 e. The summed E-state index contributed by atoms with van der Waals surface area (Å²) in [5, 5.41) is 8.94. The van der Waals surface area contributed by atoms with E-state index in [0.29, 0.717) is 32.7 Å². The van der Waals surface area contributed by atoms with Crippen molar-refractivity contribution in [3.05, 3.63) is 59.9 Å².